The third-order valence-electron chi connectivity index (χ3n) is 8.28. The van der Waals surface area contributed by atoms with Crippen LogP contribution in [0.2, 0.25) is 0 Å². The number of thiophene rings is 1. The first kappa shape index (κ1) is 19.1. The van der Waals surface area contributed by atoms with Crippen molar-refractivity contribution in [2.24, 2.45) is 0 Å². The van der Waals surface area contributed by atoms with E-state index in [-0.39, 0.29) is 11.1 Å². The van der Waals surface area contributed by atoms with Gasteiger partial charge in [0.05, 0.1) is 17.8 Å². The average molecular weight is 671 g/mol. The molecule has 4 heteroatoms. The predicted molar refractivity (Wildman–Crippen MR) is 210 cm³/mol. The van der Waals surface area contributed by atoms with Crippen LogP contribution < -0.4 is 0 Å². The van der Waals surface area contributed by atoms with E-state index in [9.17, 15) is 5.48 Å². The molecule has 0 saturated heterocycles. The van der Waals surface area contributed by atoms with E-state index in [1.54, 1.807) is 12.1 Å². The molecule has 0 aliphatic rings. The zero-order valence-electron chi connectivity index (χ0n) is 39.4. The minimum atomic E-state index is -0.703. The highest BCUT2D eigenvalue weighted by atomic mass is 32.1. The van der Waals surface area contributed by atoms with Gasteiger partial charge in [-0.25, -0.2) is 15.0 Å². The van der Waals surface area contributed by atoms with Crippen molar-refractivity contribution in [2.45, 2.75) is 6.92 Å². The summed E-state index contributed by atoms with van der Waals surface area (Å²) in [5, 5.41) is 1.82. The quantitative estimate of drug-likeness (QED) is 0.177. The summed E-state index contributed by atoms with van der Waals surface area (Å²) < 4.78 is 116. The van der Waals surface area contributed by atoms with Gasteiger partial charge in [-0.15, -0.1) is 11.3 Å². The van der Waals surface area contributed by atoms with Crippen molar-refractivity contribution in [3.05, 3.63) is 175 Å². The molecule has 9 rings (SSSR count). The van der Waals surface area contributed by atoms with Crippen LogP contribution in [-0.2, 0) is 0 Å². The second-order valence-electron chi connectivity index (χ2n) is 11.5. The van der Waals surface area contributed by atoms with Gasteiger partial charge in [-0.05, 0) is 40.3 Å². The van der Waals surface area contributed by atoms with Crippen LogP contribution in [-0.4, -0.2) is 15.0 Å². The number of fused-ring (bicyclic) bond motifs is 3. The van der Waals surface area contributed by atoms with Gasteiger partial charge in [0.2, 0.25) is 0 Å². The molecule has 0 saturated carbocycles. The molecule has 0 spiro atoms. The van der Waals surface area contributed by atoms with Crippen LogP contribution in [0.15, 0.2) is 170 Å². The van der Waals surface area contributed by atoms with Crippen LogP contribution in [0.5, 0.6) is 0 Å². The van der Waals surface area contributed by atoms with E-state index in [1.165, 1.54) is 18.3 Å². The summed E-state index contributed by atoms with van der Waals surface area (Å²) in [6.45, 7) is 1.41. The highest BCUT2D eigenvalue weighted by Crippen LogP contribution is 2.44. The van der Waals surface area contributed by atoms with E-state index in [1.807, 2.05) is 42.5 Å². The van der Waals surface area contributed by atoms with E-state index in [0.717, 1.165) is 42.4 Å². The second kappa shape index (κ2) is 12.7. The van der Waals surface area contributed by atoms with Crippen molar-refractivity contribution in [3.8, 4) is 67.5 Å². The van der Waals surface area contributed by atoms with Crippen molar-refractivity contribution >= 4 is 31.5 Å². The van der Waals surface area contributed by atoms with Crippen molar-refractivity contribution < 1.29 is 17.8 Å². The van der Waals surface area contributed by atoms with Gasteiger partial charge in [0, 0.05) is 36.9 Å². The lowest BCUT2D eigenvalue weighted by molar-refractivity contribution is 1.07. The number of hydrogen-bond acceptors (Lipinski definition) is 4. The monoisotopic (exact) mass is 670 g/mol. The molecule has 0 N–H and O–H groups in total. The molecule has 2 aromatic heterocycles. The fourth-order valence-electron chi connectivity index (χ4n) is 5.84. The van der Waals surface area contributed by atoms with E-state index in [4.69, 9.17) is 12.3 Å². The van der Waals surface area contributed by atoms with E-state index < -0.39 is 113 Å². The van der Waals surface area contributed by atoms with Gasteiger partial charge in [0.15, 0.2) is 17.5 Å². The van der Waals surface area contributed by atoms with Crippen LogP contribution in [0.25, 0.3) is 87.7 Å². The molecule has 0 radical (unpaired) electrons. The lowest BCUT2D eigenvalue weighted by Gasteiger charge is -2.09. The summed E-state index contributed by atoms with van der Waals surface area (Å²) in [6, 6.07) is 22.6. The van der Waals surface area contributed by atoms with Crippen molar-refractivity contribution in [1.82, 2.24) is 15.0 Å². The van der Waals surface area contributed by atoms with Gasteiger partial charge in [-0.1, -0.05) is 175 Å². The van der Waals surface area contributed by atoms with Crippen LogP contribution in [0, 0.1) is 6.92 Å². The Hall–Kier alpha value is -6.23. The number of aromatic nitrogens is 3. The molecular weight excluding hydrogens is 627 g/mol. The van der Waals surface area contributed by atoms with E-state index in [2.05, 4.69) is 51.4 Å². The summed E-state index contributed by atoms with van der Waals surface area (Å²) >= 11 is 1.48. The molecule has 0 bridgehead atoms. The first-order valence-electron chi connectivity index (χ1n) is 22.2. The molecule has 0 amide bonds. The molecular formula is C46H31N3S. The second-order valence-corrected chi connectivity index (χ2v) is 12.5. The number of rotatable bonds is 6. The topological polar surface area (TPSA) is 38.7 Å². The van der Waals surface area contributed by atoms with Gasteiger partial charge in [-0.2, -0.15) is 0 Å². The van der Waals surface area contributed by atoms with Crippen LogP contribution in [0.4, 0.5) is 0 Å². The maximum absolute atomic E-state index is 9.37. The Labute approximate surface area is 313 Å². The lowest BCUT2D eigenvalue weighted by atomic mass is 9.98. The summed E-state index contributed by atoms with van der Waals surface area (Å²) in [6.07, 6.45) is 0. The van der Waals surface area contributed by atoms with Gasteiger partial charge in [0.1, 0.15) is 0 Å². The average Bonchev–Trinajstić information content (AvgIpc) is 3.69. The van der Waals surface area contributed by atoms with Gasteiger partial charge in [-0.3, -0.25) is 0 Å². The summed E-state index contributed by atoms with van der Waals surface area (Å²) in [5.41, 5.74) is 3.39. The fourth-order valence-corrected chi connectivity index (χ4v) is 7.19. The zero-order chi connectivity index (χ0) is 44.8. The molecule has 236 valence electrons. The third-order valence-corrected chi connectivity index (χ3v) is 9.57. The van der Waals surface area contributed by atoms with Gasteiger partial charge < -0.3 is 0 Å². The maximum atomic E-state index is 9.37. The minimum absolute atomic E-state index is 0.0120. The van der Waals surface area contributed by atoms with Crippen molar-refractivity contribution in [3.63, 3.8) is 0 Å². The van der Waals surface area contributed by atoms with Crippen molar-refractivity contribution in [2.75, 3.05) is 0 Å². The molecule has 9 aromatic rings. The van der Waals surface area contributed by atoms with E-state index >= 15 is 0 Å². The Balaban J connectivity index is 1.25. The van der Waals surface area contributed by atoms with Crippen LogP contribution in [0.1, 0.15) is 23.4 Å². The van der Waals surface area contributed by atoms with Crippen LogP contribution in [0.3, 0.4) is 0 Å². The van der Waals surface area contributed by atoms with Crippen molar-refractivity contribution in [1.29, 1.82) is 0 Å². The number of hydrogen-bond donors (Lipinski definition) is 0. The SMILES string of the molecule is [2H]c1c([2H])c([2H])c(-c2nc(-c3c([2H])c([2H])c(C)c([2H])c3[2H])nc(-c3c([2H])c([2H])c(-c4cccc5c4sc4c(-c6ccc(-c7ccccc7)cc6)cccc45)c([2H])c3[2H])n2)c([2H])c1[2H]. The zero-order valence-corrected chi connectivity index (χ0v) is 27.2. The van der Waals surface area contributed by atoms with E-state index in [0.29, 0.717) is 5.56 Å². The minimum Gasteiger partial charge on any atom is -0.208 e. The lowest BCUT2D eigenvalue weighted by Crippen LogP contribution is -2.00. The molecule has 0 aliphatic carbocycles. The smallest absolute Gasteiger partial charge is 0.164 e. The highest BCUT2D eigenvalue weighted by Gasteiger charge is 2.16. The summed E-state index contributed by atoms with van der Waals surface area (Å²) in [4.78, 5) is 13.1. The summed E-state index contributed by atoms with van der Waals surface area (Å²) in [5.74, 6) is -1.54. The molecule has 50 heavy (non-hydrogen) atoms. The highest BCUT2D eigenvalue weighted by molar-refractivity contribution is 7.26. The first-order valence-corrected chi connectivity index (χ1v) is 16.5. The largest absolute Gasteiger partial charge is 0.208 e. The molecule has 0 aliphatic heterocycles. The predicted octanol–water partition coefficient (Wildman–Crippen LogP) is 12.5. The Morgan fingerprint density at radius 1 is 0.400 bits per heavy atom. The Morgan fingerprint density at radius 2 is 0.860 bits per heavy atom. The first-order chi connectivity index (χ1) is 30.1. The molecule has 3 nitrogen and oxygen atoms in total. The Kier molecular flexibility index (Phi) is 4.83. The number of benzene rings is 7. The Bertz CT molecular complexity index is 3220. The van der Waals surface area contributed by atoms with Gasteiger partial charge >= 0.3 is 0 Å². The molecule has 0 unspecified atom stereocenters. The normalized spacial score (nSPS) is 14.9. The molecule has 0 fully saturated rings. The van der Waals surface area contributed by atoms with Crippen LogP contribution >= 0.6 is 11.3 Å². The molecule has 2 heterocycles. The Morgan fingerprint density at radius 3 is 1.44 bits per heavy atom. The molecule has 0 atom stereocenters. The third kappa shape index (κ3) is 5.56. The maximum Gasteiger partial charge on any atom is 0.164 e. The standard InChI is InChI=1S/C46H31N3S/c1-30-18-20-36(21-19-30)45-47-44(35-12-6-3-7-13-35)48-46(49-45)37-28-26-34(27-29-37)39-15-9-17-41-40-16-8-14-38(42(40)50-43(39)41)33-24-22-32(23-25-33)31-10-4-2-5-11-31/h2-29H,1H3/i3D,6D,7D,12D,13D,18D,19D,20D,21D,26D,27D,28D,29D. The number of nitrogens with zero attached hydrogens (tertiary/aromatic N) is 3. The van der Waals surface area contributed by atoms with Gasteiger partial charge in [0.25, 0.3) is 0 Å². The fraction of sp³-hybridized carbons (Fsp3) is 0.0217. The molecule has 7 aromatic carbocycles. The summed E-state index contributed by atoms with van der Waals surface area (Å²) in [7, 11) is 0.